The molecule has 0 bridgehead atoms. The van der Waals surface area contributed by atoms with Gasteiger partial charge in [0.15, 0.2) is 23.6 Å². The van der Waals surface area contributed by atoms with Crippen LogP contribution in [0, 0.1) is 12.7 Å². The summed E-state index contributed by atoms with van der Waals surface area (Å²) in [5, 5.41) is 23.6. The minimum absolute atomic E-state index is 0.0122. The first-order valence-corrected chi connectivity index (χ1v) is 11.5. The summed E-state index contributed by atoms with van der Waals surface area (Å²) < 4.78 is 53.7. The van der Waals surface area contributed by atoms with Gasteiger partial charge in [-0.2, -0.15) is 5.10 Å². The summed E-state index contributed by atoms with van der Waals surface area (Å²) in [6.07, 6.45) is 3.48. The van der Waals surface area contributed by atoms with Crippen LogP contribution in [0.2, 0.25) is 0 Å². The Kier molecular flexibility index (Phi) is 10.9. The van der Waals surface area contributed by atoms with Crippen molar-refractivity contribution >= 4 is 36.3 Å². The molecule has 0 aliphatic rings. The molecule has 2 rings (SSSR count). The van der Waals surface area contributed by atoms with Crippen LogP contribution in [0.1, 0.15) is 29.4 Å². The molecular formula is C25H25ClF3N5O6. The fourth-order valence-corrected chi connectivity index (χ4v) is 3.30. The largest absolute Gasteiger partial charge is 0.464 e. The summed E-state index contributed by atoms with van der Waals surface area (Å²) in [5.74, 6) is -8.25. The van der Waals surface area contributed by atoms with E-state index in [1.54, 1.807) is 6.92 Å². The maximum absolute atomic E-state index is 15.7. The molecule has 2 N–H and O–H groups in total. The average Bonchev–Trinajstić information content (AvgIpc) is 3.36. The molecule has 2 heterocycles. The minimum Gasteiger partial charge on any atom is -0.464 e. The van der Waals surface area contributed by atoms with E-state index in [4.69, 9.17) is 16.3 Å². The first kappa shape index (κ1) is 31.9. The van der Waals surface area contributed by atoms with Crippen molar-refractivity contribution < 1.29 is 42.4 Å². The molecule has 0 aliphatic heterocycles. The summed E-state index contributed by atoms with van der Waals surface area (Å²) in [6.45, 7) is 6.01. The fourth-order valence-electron chi connectivity index (χ4n) is 3.21. The number of anilines is 1. The van der Waals surface area contributed by atoms with E-state index < -0.39 is 46.6 Å². The van der Waals surface area contributed by atoms with Crippen LogP contribution >= 0.6 is 11.6 Å². The zero-order valence-corrected chi connectivity index (χ0v) is 22.5. The van der Waals surface area contributed by atoms with Gasteiger partial charge in [-0.05, 0) is 32.2 Å². The molecule has 214 valence electrons. The van der Waals surface area contributed by atoms with Gasteiger partial charge in [0.1, 0.15) is 22.4 Å². The third-order valence-electron chi connectivity index (χ3n) is 5.08. The normalized spacial score (nSPS) is 13.5. The number of aldehydes is 1. The maximum Gasteiger partial charge on any atom is 0.358 e. The first-order chi connectivity index (χ1) is 18.7. The number of esters is 1. The molecule has 0 radical (unpaired) electrons. The predicted molar refractivity (Wildman–Crippen MR) is 139 cm³/mol. The molecule has 15 heteroatoms. The van der Waals surface area contributed by atoms with Crippen molar-refractivity contribution in [2.45, 2.75) is 26.2 Å². The number of allylic oxidation sites excluding steroid dienone is 5. The van der Waals surface area contributed by atoms with Gasteiger partial charge in [-0.1, -0.05) is 11.6 Å². The number of hydrogen-bond acceptors (Lipinski definition) is 10. The molecule has 2 aromatic heterocycles. The quantitative estimate of drug-likeness (QED) is 0.0724. The van der Waals surface area contributed by atoms with Gasteiger partial charge in [-0.3, -0.25) is 9.79 Å². The van der Waals surface area contributed by atoms with Crippen LogP contribution in [0.3, 0.4) is 0 Å². The highest BCUT2D eigenvalue weighted by Crippen LogP contribution is 2.30. The highest BCUT2D eigenvalue weighted by molar-refractivity contribution is 6.39. The number of ether oxygens (including phenoxy) is 2. The molecule has 11 nitrogen and oxygen atoms in total. The number of methoxy groups -OCH3 is 1. The zero-order valence-electron chi connectivity index (χ0n) is 21.7. The Morgan fingerprint density at radius 2 is 2.02 bits per heavy atom. The van der Waals surface area contributed by atoms with Crippen molar-refractivity contribution in [2.24, 2.45) is 4.99 Å². The predicted octanol–water partition coefficient (Wildman–Crippen LogP) is 3.90. The summed E-state index contributed by atoms with van der Waals surface area (Å²) in [7, 11) is 2.61. The zero-order chi connectivity index (χ0) is 30.2. The molecule has 0 saturated carbocycles. The number of pyridine rings is 1. The van der Waals surface area contributed by atoms with Crippen molar-refractivity contribution in [1.29, 1.82) is 0 Å². The van der Waals surface area contributed by atoms with E-state index in [-0.39, 0.29) is 29.2 Å². The lowest BCUT2D eigenvalue weighted by molar-refractivity contribution is -0.318. The second kappa shape index (κ2) is 13.7. The topological polar surface area (TPSA) is 139 Å². The number of aliphatic hydroxyl groups is 2. The standard InChI is InChI=1S/C25H25ClF3N5O6/c1-14-11-31-23(34-7-6-19(32-34)24(36)39-5)21(29)22(14)33(4)15(2)8-20(18(26)13-35)40-25(37,38)10-16(27)9-17(28)12-30-3/h6-9,11-13,37-38H,3,10H2,1-2,4-5H3/b15-8-,16-9+,17-12+,20-18-. The Bertz CT molecular complexity index is 1420. The Morgan fingerprint density at radius 1 is 1.35 bits per heavy atom. The number of nitrogens with zero attached hydrogens (tertiary/aromatic N) is 5. The molecule has 0 unspecified atom stereocenters. The second-order valence-electron chi connectivity index (χ2n) is 8.05. The number of carbonyl (C=O) groups is 2. The smallest absolute Gasteiger partial charge is 0.358 e. The van der Waals surface area contributed by atoms with Gasteiger partial charge in [-0.15, -0.1) is 0 Å². The summed E-state index contributed by atoms with van der Waals surface area (Å²) in [4.78, 5) is 31.5. The van der Waals surface area contributed by atoms with E-state index in [0.717, 1.165) is 10.8 Å². The molecule has 0 saturated heterocycles. The maximum atomic E-state index is 15.7. The molecule has 0 spiro atoms. The number of aryl methyl sites for hydroxylation is 1. The van der Waals surface area contributed by atoms with Gasteiger partial charge in [0.2, 0.25) is 0 Å². The number of aliphatic imine (C=N–C) groups is 1. The number of aromatic nitrogens is 3. The SMILES string of the molecule is C=N/C=C(F)\C=C(\F)CC(O)(O)OC(/C=C(/C)N(C)c1c(C)cnc(-n2ccc(C(=O)OC)n2)c1F)=C(\Cl)C=O. The number of rotatable bonds is 12. The lowest BCUT2D eigenvalue weighted by Gasteiger charge is -2.26. The lowest BCUT2D eigenvalue weighted by atomic mass is 10.2. The van der Waals surface area contributed by atoms with Crippen molar-refractivity contribution in [1.82, 2.24) is 14.8 Å². The third kappa shape index (κ3) is 8.11. The van der Waals surface area contributed by atoms with Gasteiger partial charge in [0.05, 0.1) is 25.4 Å². The van der Waals surface area contributed by atoms with Crippen LogP contribution < -0.4 is 4.90 Å². The number of halogens is 4. The van der Waals surface area contributed by atoms with Crippen LogP contribution in [0.4, 0.5) is 18.9 Å². The molecule has 0 atom stereocenters. The monoisotopic (exact) mass is 583 g/mol. The molecule has 0 aromatic carbocycles. The molecule has 0 aliphatic carbocycles. The Labute approximate surface area is 231 Å². The summed E-state index contributed by atoms with van der Waals surface area (Å²) >= 11 is 5.87. The highest BCUT2D eigenvalue weighted by atomic mass is 35.5. The van der Waals surface area contributed by atoms with Gasteiger partial charge >= 0.3 is 11.9 Å². The van der Waals surface area contributed by atoms with Crippen LogP contribution in [-0.2, 0) is 14.3 Å². The Morgan fingerprint density at radius 3 is 2.62 bits per heavy atom. The second-order valence-corrected chi connectivity index (χ2v) is 8.46. The Balaban J connectivity index is 2.44. The van der Waals surface area contributed by atoms with Crippen LogP contribution in [0.25, 0.3) is 5.82 Å². The summed E-state index contributed by atoms with van der Waals surface area (Å²) in [6, 6.07) is 1.31. The molecule has 0 fully saturated rings. The van der Waals surface area contributed by atoms with E-state index >= 15 is 4.39 Å². The van der Waals surface area contributed by atoms with Crippen LogP contribution in [0.15, 0.2) is 69.9 Å². The highest BCUT2D eigenvalue weighted by Gasteiger charge is 2.30. The number of hydrogen-bond donors (Lipinski definition) is 2. The van der Waals surface area contributed by atoms with E-state index in [1.807, 2.05) is 0 Å². The fraction of sp³-hybridized carbons (Fsp3) is 0.240. The van der Waals surface area contributed by atoms with Crippen molar-refractivity contribution in [2.75, 3.05) is 19.1 Å². The number of carbonyl (C=O) groups excluding carboxylic acids is 2. The van der Waals surface area contributed by atoms with Crippen molar-refractivity contribution in [3.63, 3.8) is 0 Å². The minimum atomic E-state index is -3.28. The summed E-state index contributed by atoms with van der Waals surface area (Å²) in [5.41, 5.74) is 0.425. The van der Waals surface area contributed by atoms with E-state index in [2.05, 4.69) is 26.5 Å². The van der Waals surface area contributed by atoms with Gasteiger partial charge in [0.25, 0.3) is 0 Å². The molecule has 2 aromatic rings. The molecular weight excluding hydrogens is 559 g/mol. The van der Waals surface area contributed by atoms with Gasteiger partial charge in [0, 0.05) is 37.3 Å². The van der Waals surface area contributed by atoms with E-state index in [0.29, 0.717) is 17.8 Å². The third-order valence-corrected chi connectivity index (χ3v) is 5.36. The molecule has 40 heavy (non-hydrogen) atoms. The van der Waals surface area contributed by atoms with Gasteiger partial charge < -0.3 is 24.6 Å². The average molecular weight is 584 g/mol. The van der Waals surface area contributed by atoms with Crippen LogP contribution in [-0.4, -0.2) is 64.1 Å². The van der Waals surface area contributed by atoms with Crippen molar-refractivity contribution in [3.05, 3.63) is 82.0 Å². The Hall–Kier alpha value is -4.27. The van der Waals surface area contributed by atoms with E-state index in [9.17, 15) is 28.6 Å². The van der Waals surface area contributed by atoms with Crippen molar-refractivity contribution in [3.8, 4) is 5.82 Å². The van der Waals surface area contributed by atoms with Gasteiger partial charge in [-0.25, -0.2) is 27.6 Å². The van der Waals surface area contributed by atoms with Crippen LogP contribution in [0.5, 0.6) is 0 Å². The first-order valence-electron chi connectivity index (χ1n) is 11.1. The van der Waals surface area contributed by atoms with E-state index in [1.165, 1.54) is 44.4 Å². The lowest BCUT2D eigenvalue weighted by Crippen LogP contribution is -2.32. The molecule has 0 amide bonds.